The van der Waals surface area contributed by atoms with Crippen LogP contribution >= 0.6 is 27.5 Å². The highest BCUT2D eigenvalue weighted by Crippen LogP contribution is 2.33. The van der Waals surface area contributed by atoms with Gasteiger partial charge in [-0.05, 0) is 46.2 Å². The molecule has 0 aromatic heterocycles. The molecule has 0 aliphatic rings. The van der Waals surface area contributed by atoms with E-state index in [1.54, 1.807) is 24.3 Å². The lowest BCUT2D eigenvalue weighted by atomic mass is 9.98. The fraction of sp³-hybridized carbons (Fsp3) is 0.200. The van der Waals surface area contributed by atoms with Gasteiger partial charge in [-0.15, -0.1) is 0 Å². The molecule has 0 amide bonds. The van der Waals surface area contributed by atoms with E-state index in [2.05, 4.69) is 21.2 Å². The zero-order valence-corrected chi connectivity index (χ0v) is 13.1. The van der Waals surface area contributed by atoms with E-state index >= 15 is 0 Å². The van der Waals surface area contributed by atoms with Gasteiger partial charge in [0, 0.05) is 10.0 Å². The highest BCUT2D eigenvalue weighted by molar-refractivity contribution is 9.10. The van der Waals surface area contributed by atoms with Crippen molar-refractivity contribution in [2.75, 3.05) is 6.54 Å². The third kappa shape index (κ3) is 3.19. The molecule has 0 radical (unpaired) electrons. The highest BCUT2D eigenvalue weighted by Gasteiger charge is 2.20. The molecule has 2 aromatic rings. The molecule has 1 atom stereocenters. The fourth-order valence-corrected chi connectivity index (χ4v) is 2.54. The van der Waals surface area contributed by atoms with Gasteiger partial charge in [0.2, 0.25) is 0 Å². The Morgan fingerprint density at radius 3 is 2.65 bits per heavy atom. The van der Waals surface area contributed by atoms with Gasteiger partial charge < -0.3 is 5.32 Å². The van der Waals surface area contributed by atoms with Crippen LogP contribution in [0.4, 0.5) is 8.78 Å². The van der Waals surface area contributed by atoms with Gasteiger partial charge in [0.05, 0.1) is 11.1 Å². The highest BCUT2D eigenvalue weighted by atomic mass is 79.9. The van der Waals surface area contributed by atoms with E-state index in [1.807, 2.05) is 6.92 Å². The van der Waals surface area contributed by atoms with Crippen molar-refractivity contribution < 1.29 is 8.78 Å². The van der Waals surface area contributed by atoms with Crippen molar-refractivity contribution in [2.45, 2.75) is 13.0 Å². The molecule has 20 heavy (non-hydrogen) atoms. The minimum absolute atomic E-state index is 0.0295. The van der Waals surface area contributed by atoms with E-state index < -0.39 is 11.9 Å². The third-order valence-electron chi connectivity index (χ3n) is 2.97. The first-order chi connectivity index (χ1) is 9.54. The SMILES string of the molecule is CCNC(c1cccc(F)c1)c1ccc(Br)c(Cl)c1F. The second-order valence-corrected chi connectivity index (χ2v) is 5.54. The predicted molar refractivity (Wildman–Crippen MR) is 81.0 cm³/mol. The molecule has 1 unspecified atom stereocenters. The molecule has 1 N–H and O–H groups in total. The van der Waals surface area contributed by atoms with Crippen LogP contribution in [0.5, 0.6) is 0 Å². The van der Waals surface area contributed by atoms with Crippen molar-refractivity contribution in [3.8, 4) is 0 Å². The lowest BCUT2D eigenvalue weighted by Crippen LogP contribution is -2.23. The number of hydrogen-bond donors (Lipinski definition) is 1. The molecule has 106 valence electrons. The van der Waals surface area contributed by atoms with Gasteiger partial charge in [-0.25, -0.2) is 8.78 Å². The van der Waals surface area contributed by atoms with Crippen LogP contribution in [0.1, 0.15) is 24.1 Å². The van der Waals surface area contributed by atoms with Gasteiger partial charge >= 0.3 is 0 Å². The molecule has 0 bridgehead atoms. The van der Waals surface area contributed by atoms with Crippen LogP contribution in [0.25, 0.3) is 0 Å². The second-order valence-electron chi connectivity index (χ2n) is 4.31. The summed E-state index contributed by atoms with van der Waals surface area (Å²) in [6.07, 6.45) is 0. The van der Waals surface area contributed by atoms with Crippen molar-refractivity contribution >= 4 is 27.5 Å². The Hall–Kier alpha value is -0.970. The number of halogens is 4. The monoisotopic (exact) mass is 359 g/mol. The third-order valence-corrected chi connectivity index (χ3v) is 4.22. The summed E-state index contributed by atoms with van der Waals surface area (Å²) in [5, 5.41) is 3.18. The maximum absolute atomic E-state index is 14.3. The Kier molecular flexibility index (Phi) is 5.13. The summed E-state index contributed by atoms with van der Waals surface area (Å²) in [6, 6.07) is 8.99. The summed E-state index contributed by atoms with van der Waals surface area (Å²) >= 11 is 9.11. The van der Waals surface area contributed by atoms with Gasteiger partial charge in [-0.2, -0.15) is 0 Å². The molecule has 2 aromatic carbocycles. The molecule has 0 fully saturated rings. The van der Waals surface area contributed by atoms with Crippen molar-refractivity contribution in [3.63, 3.8) is 0 Å². The Morgan fingerprint density at radius 1 is 1.25 bits per heavy atom. The van der Waals surface area contributed by atoms with Gasteiger partial charge in [0.15, 0.2) is 0 Å². The summed E-state index contributed by atoms with van der Waals surface area (Å²) in [6.45, 7) is 2.53. The summed E-state index contributed by atoms with van der Waals surface area (Å²) in [5.74, 6) is -0.856. The maximum Gasteiger partial charge on any atom is 0.148 e. The summed E-state index contributed by atoms with van der Waals surface area (Å²) in [7, 11) is 0. The van der Waals surface area contributed by atoms with E-state index in [1.165, 1.54) is 12.1 Å². The van der Waals surface area contributed by atoms with Gasteiger partial charge in [-0.3, -0.25) is 0 Å². The largest absolute Gasteiger partial charge is 0.306 e. The zero-order valence-electron chi connectivity index (χ0n) is 10.8. The molecule has 0 heterocycles. The van der Waals surface area contributed by atoms with E-state index in [4.69, 9.17) is 11.6 Å². The minimum Gasteiger partial charge on any atom is -0.306 e. The van der Waals surface area contributed by atoms with Gasteiger partial charge in [0.25, 0.3) is 0 Å². The average Bonchev–Trinajstić information content (AvgIpc) is 2.43. The topological polar surface area (TPSA) is 12.0 Å². The van der Waals surface area contributed by atoms with Crippen LogP contribution in [-0.4, -0.2) is 6.54 Å². The Balaban J connectivity index is 2.51. The van der Waals surface area contributed by atoms with Crippen LogP contribution in [0, 0.1) is 11.6 Å². The molecule has 2 rings (SSSR count). The summed E-state index contributed by atoms with van der Waals surface area (Å²) < 4.78 is 28.2. The van der Waals surface area contributed by atoms with Crippen molar-refractivity contribution in [2.24, 2.45) is 0 Å². The molecule has 0 aliphatic carbocycles. The number of hydrogen-bond acceptors (Lipinski definition) is 1. The molecular formula is C15H13BrClF2N. The average molecular weight is 361 g/mol. The van der Waals surface area contributed by atoms with Crippen LogP contribution in [-0.2, 0) is 0 Å². The molecular weight excluding hydrogens is 348 g/mol. The van der Waals surface area contributed by atoms with Crippen LogP contribution < -0.4 is 5.32 Å². The molecule has 0 spiro atoms. The quantitative estimate of drug-likeness (QED) is 0.750. The normalized spacial score (nSPS) is 12.4. The van der Waals surface area contributed by atoms with Crippen molar-refractivity contribution in [3.05, 3.63) is 68.7 Å². The van der Waals surface area contributed by atoms with E-state index in [9.17, 15) is 8.78 Å². The predicted octanol–water partition coefficient (Wildman–Crippen LogP) is 5.08. The first kappa shape index (κ1) is 15.4. The van der Waals surface area contributed by atoms with Crippen LogP contribution in [0.15, 0.2) is 40.9 Å². The van der Waals surface area contributed by atoms with Gasteiger partial charge in [0.1, 0.15) is 11.6 Å². The van der Waals surface area contributed by atoms with Gasteiger partial charge in [-0.1, -0.05) is 36.7 Å². The Bertz CT molecular complexity index is 619. The smallest absolute Gasteiger partial charge is 0.148 e. The number of nitrogens with one attached hydrogen (secondary N) is 1. The lowest BCUT2D eigenvalue weighted by Gasteiger charge is -2.20. The maximum atomic E-state index is 14.3. The Morgan fingerprint density at radius 2 is 2.00 bits per heavy atom. The molecule has 0 saturated carbocycles. The van der Waals surface area contributed by atoms with E-state index in [0.29, 0.717) is 22.1 Å². The van der Waals surface area contributed by atoms with Crippen LogP contribution in [0.3, 0.4) is 0 Å². The van der Waals surface area contributed by atoms with Crippen LogP contribution in [0.2, 0.25) is 5.02 Å². The molecule has 0 aliphatic heterocycles. The van der Waals surface area contributed by atoms with E-state index in [0.717, 1.165) is 0 Å². The van der Waals surface area contributed by atoms with Crippen molar-refractivity contribution in [1.82, 2.24) is 5.32 Å². The van der Waals surface area contributed by atoms with Crippen molar-refractivity contribution in [1.29, 1.82) is 0 Å². The number of benzene rings is 2. The zero-order chi connectivity index (χ0) is 14.7. The lowest BCUT2D eigenvalue weighted by molar-refractivity contribution is 0.554. The number of rotatable bonds is 4. The fourth-order valence-electron chi connectivity index (χ4n) is 2.06. The minimum atomic E-state index is -0.503. The standard InChI is InChI=1S/C15H13BrClF2N/c1-2-20-15(9-4-3-5-10(18)8-9)11-6-7-12(16)13(17)14(11)19/h3-8,15,20H,2H2,1H3. The second kappa shape index (κ2) is 6.66. The van der Waals surface area contributed by atoms with E-state index in [-0.39, 0.29) is 10.8 Å². The molecule has 0 saturated heterocycles. The summed E-state index contributed by atoms with van der Waals surface area (Å²) in [5.41, 5.74) is 1.05. The summed E-state index contributed by atoms with van der Waals surface area (Å²) in [4.78, 5) is 0. The molecule has 5 heteroatoms. The first-order valence-electron chi connectivity index (χ1n) is 6.16. The Labute approximate surface area is 130 Å². The molecule has 1 nitrogen and oxygen atoms in total. The first-order valence-corrected chi connectivity index (χ1v) is 7.34.